The van der Waals surface area contributed by atoms with Crippen LogP contribution in [0.2, 0.25) is 0 Å². The second-order valence-electron chi connectivity index (χ2n) is 5.92. The summed E-state index contributed by atoms with van der Waals surface area (Å²) in [6.45, 7) is 5.42. The second kappa shape index (κ2) is 7.31. The molecule has 24 heavy (non-hydrogen) atoms. The zero-order chi connectivity index (χ0) is 17.1. The van der Waals surface area contributed by atoms with Crippen LogP contribution in [-0.2, 0) is 14.3 Å². The molecule has 0 bridgehead atoms. The SMILES string of the molecule is CCOC(=O)[C@H]1C(=O)NC(N2CCN(C)CC2)=N[C@H]1c1cccs1. The summed E-state index contributed by atoms with van der Waals surface area (Å²) in [4.78, 5) is 34.8. The van der Waals surface area contributed by atoms with E-state index in [1.54, 1.807) is 6.92 Å². The van der Waals surface area contributed by atoms with E-state index in [1.165, 1.54) is 11.3 Å². The van der Waals surface area contributed by atoms with E-state index in [1.807, 2.05) is 17.5 Å². The molecule has 3 heterocycles. The lowest BCUT2D eigenvalue weighted by atomic mass is 9.96. The van der Waals surface area contributed by atoms with Crippen molar-refractivity contribution in [2.24, 2.45) is 10.9 Å². The number of carbonyl (C=O) groups excluding carboxylic acids is 2. The summed E-state index contributed by atoms with van der Waals surface area (Å²) in [7, 11) is 2.07. The lowest BCUT2D eigenvalue weighted by Gasteiger charge is -2.37. The van der Waals surface area contributed by atoms with Crippen LogP contribution in [0, 0.1) is 5.92 Å². The predicted octanol–water partition coefficient (Wildman–Crippen LogP) is 0.702. The number of guanidine groups is 1. The minimum atomic E-state index is -0.931. The first kappa shape index (κ1) is 16.9. The predicted molar refractivity (Wildman–Crippen MR) is 91.8 cm³/mol. The Morgan fingerprint density at radius 2 is 2.17 bits per heavy atom. The Bertz CT molecular complexity index is 623. The average molecular weight is 350 g/mol. The van der Waals surface area contributed by atoms with Gasteiger partial charge in [0.05, 0.1) is 6.61 Å². The Kier molecular flexibility index (Phi) is 5.15. The van der Waals surface area contributed by atoms with Crippen LogP contribution in [-0.4, -0.2) is 67.5 Å². The summed E-state index contributed by atoms with van der Waals surface area (Å²) in [6, 6.07) is 3.29. The normalized spacial score (nSPS) is 25.2. The summed E-state index contributed by atoms with van der Waals surface area (Å²) in [5.74, 6) is -1.22. The number of nitrogens with zero attached hydrogens (tertiary/aromatic N) is 3. The van der Waals surface area contributed by atoms with E-state index in [-0.39, 0.29) is 12.5 Å². The lowest BCUT2D eigenvalue weighted by molar-refractivity contribution is -0.153. The molecule has 1 aromatic rings. The summed E-state index contributed by atoms with van der Waals surface area (Å²) >= 11 is 1.50. The number of ether oxygens (including phenoxy) is 1. The Hall–Kier alpha value is -1.93. The van der Waals surface area contributed by atoms with E-state index < -0.39 is 17.9 Å². The molecule has 1 saturated heterocycles. The van der Waals surface area contributed by atoms with Crippen molar-refractivity contribution in [1.82, 2.24) is 15.1 Å². The third-order valence-corrected chi connectivity index (χ3v) is 5.22. The maximum Gasteiger partial charge on any atom is 0.321 e. The van der Waals surface area contributed by atoms with E-state index in [0.717, 1.165) is 31.1 Å². The molecule has 1 amide bonds. The average Bonchev–Trinajstić information content (AvgIpc) is 3.09. The van der Waals surface area contributed by atoms with Gasteiger partial charge in [0.1, 0.15) is 6.04 Å². The van der Waals surface area contributed by atoms with E-state index in [2.05, 4.69) is 22.2 Å². The van der Waals surface area contributed by atoms with E-state index in [0.29, 0.717) is 5.96 Å². The number of aliphatic imine (C=N–C) groups is 1. The Morgan fingerprint density at radius 1 is 1.42 bits per heavy atom. The maximum atomic E-state index is 12.6. The molecule has 3 rings (SSSR count). The highest BCUT2D eigenvalue weighted by molar-refractivity contribution is 7.10. The molecule has 1 fully saturated rings. The highest BCUT2D eigenvalue weighted by Gasteiger charge is 2.42. The monoisotopic (exact) mass is 350 g/mol. The number of thiophene rings is 1. The molecule has 0 saturated carbocycles. The fourth-order valence-electron chi connectivity index (χ4n) is 2.90. The van der Waals surface area contributed by atoms with Crippen LogP contribution in [0.4, 0.5) is 0 Å². The molecule has 0 aliphatic carbocycles. The van der Waals surface area contributed by atoms with Crippen LogP contribution in [0.3, 0.4) is 0 Å². The molecule has 0 unspecified atom stereocenters. The van der Waals surface area contributed by atoms with Crippen molar-refractivity contribution < 1.29 is 14.3 Å². The molecule has 0 aromatic carbocycles. The Balaban J connectivity index is 1.88. The van der Waals surface area contributed by atoms with Gasteiger partial charge in [0, 0.05) is 31.1 Å². The third-order valence-electron chi connectivity index (χ3n) is 4.27. The Morgan fingerprint density at radius 3 is 2.79 bits per heavy atom. The van der Waals surface area contributed by atoms with Gasteiger partial charge in [-0.3, -0.25) is 14.9 Å². The number of likely N-dealkylation sites (N-methyl/N-ethyl adjacent to an activating group) is 1. The smallest absolute Gasteiger partial charge is 0.321 e. The first-order valence-corrected chi connectivity index (χ1v) is 9.00. The van der Waals surface area contributed by atoms with Crippen LogP contribution >= 0.6 is 11.3 Å². The van der Waals surface area contributed by atoms with Crippen LogP contribution in [0.15, 0.2) is 22.5 Å². The summed E-state index contributed by atoms with van der Waals surface area (Å²) < 4.78 is 5.09. The standard InChI is InChI=1S/C16H22N4O3S/c1-3-23-15(22)12-13(11-5-4-10-24-11)17-16(18-14(12)21)20-8-6-19(2)7-9-20/h4-5,10,12-13H,3,6-9H2,1-2H3,(H,17,18,21)/t12-,13+/m1/s1. The minimum absolute atomic E-state index is 0.245. The van der Waals surface area contributed by atoms with Gasteiger partial charge < -0.3 is 14.5 Å². The van der Waals surface area contributed by atoms with Crippen LogP contribution in [0.5, 0.6) is 0 Å². The molecule has 0 radical (unpaired) electrons. The highest BCUT2D eigenvalue weighted by atomic mass is 32.1. The van der Waals surface area contributed by atoms with Crippen molar-refractivity contribution in [3.8, 4) is 0 Å². The number of hydrogen-bond donors (Lipinski definition) is 1. The largest absolute Gasteiger partial charge is 0.465 e. The molecule has 0 spiro atoms. The molecule has 2 aliphatic rings. The summed E-state index contributed by atoms with van der Waals surface area (Å²) in [5.41, 5.74) is 0. The fraction of sp³-hybridized carbons (Fsp3) is 0.562. The van der Waals surface area contributed by atoms with Gasteiger partial charge in [0.2, 0.25) is 11.9 Å². The topological polar surface area (TPSA) is 74.2 Å². The van der Waals surface area contributed by atoms with Gasteiger partial charge in [-0.25, -0.2) is 4.99 Å². The second-order valence-corrected chi connectivity index (χ2v) is 6.90. The number of nitrogens with one attached hydrogen (secondary N) is 1. The summed E-state index contributed by atoms with van der Waals surface area (Å²) in [6.07, 6.45) is 0. The van der Waals surface area contributed by atoms with Crippen LogP contribution in [0.25, 0.3) is 0 Å². The first-order valence-electron chi connectivity index (χ1n) is 8.12. The number of piperazine rings is 1. The van der Waals surface area contributed by atoms with Gasteiger partial charge in [-0.05, 0) is 25.4 Å². The molecule has 2 atom stereocenters. The van der Waals surface area contributed by atoms with Gasteiger partial charge in [0.15, 0.2) is 5.92 Å². The van der Waals surface area contributed by atoms with Crippen molar-refractivity contribution in [1.29, 1.82) is 0 Å². The van der Waals surface area contributed by atoms with Crippen molar-refractivity contribution in [3.05, 3.63) is 22.4 Å². The third kappa shape index (κ3) is 3.44. The Labute approximate surface area is 145 Å². The van der Waals surface area contributed by atoms with Gasteiger partial charge in [-0.2, -0.15) is 0 Å². The van der Waals surface area contributed by atoms with E-state index in [9.17, 15) is 9.59 Å². The van der Waals surface area contributed by atoms with Gasteiger partial charge >= 0.3 is 5.97 Å². The molecule has 1 aromatic heterocycles. The van der Waals surface area contributed by atoms with Crippen molar-refractivity contribution in [3.63, 3.8) is 0 Å². The van der Waals surface area contributed by atoms with Crippen molar-refractivity contribution in [2.45, 2.75) is 13.0 Å². The minimum Gasteiger partial charge on any atom is -0.465 e. The van der Waals surface area contributed by atoms with Gasteiger partial charge in [-0.1, -0.05) is 6.07 Å². The first-order chi connectivity index (χ1) is 11.6. The fourth-order valence-corrected chi connectivity index (χ4v) is 3.70. The summed E-state index contributed by atoms with van der Waals surface area (Å²) in [5, 5.41) is 4.73. The zero-order valence-electron chi connectivity index (χ0n) is 13.9. The van der Waals surface area contributed by atoms with Crippen molar-refractivity contribution in [2.75, 3.05) is 39.8 Å². The van der Waals surface area contributed by atoms with Gasteiger partial charge in [-0.15, -0.1) is 11.3 Å². The maximum absolute atomic E-state index is 12.6. The zero-order valence-corrected chi connectivity index (χ0v) is 14.7. The van der Waals surface area contributed by atoms with Crippen LogP contribution in [0.1, 0.15) is 17.8 Å². The molecule has 8 heteroatoms. The van der Waals surface area contributed by atoms with Crippen LogP contribution < -0.4 is 5.32 Å². The molecule has 1 N–H and O–H groups in total. The lowest BCUT2D eigenvalue weighted by Crippen LogP contribution is -2.56. The highest BCUT2D eigenvalue weighted by Crippen LogP contribution is 2.33. The van der Waals surface area contributed by atoms with Gasteiger partial charge in [0.25, 0.3) is 0 Å². The van der Waals surface area contributed by atoms with E-state index in [4.69, 9.17) is 9.73 Å². The number of amides is 1. The molecule has 130 valence electrons. The number of esters is 1. The van der Waals surface area contributed by atoms with Crippen molar-refractivity contribution >= 4 is 29.2 Å². The number of rotatable bonds is 3. The van der Waals surface area contributed by atoms with E-state index >= 15 is 0 Å². The molecule has 7 nitrogen and oxygen atoms in total. The molecular formula is C16H22N4O3S. The molecular weight excluding hydrogens is 328 g/mol. The molecule has 2 aliphatic heterocycles. The number of carbonyl (C=O) groups is 2. The number of hydrogen-bond acceptors (Lipinski definition) is 7. The quantitative estimate of drug-likeness (QED) is 0.642.